The SMILES string of the molecule is CCCCC/C=C\C/C=C\C/C=C\C/C=C\CC(CC(=O)NC(CO)C(O)CCCCCCCCCCCCCCCCCC)OC(=O)CCCCCCCCCCCCCCCCC. The average Bonchev–Trinajstić information content (AvgIpc) is 3.30. The molecule has 65 heavy (non-hydrogen) atoms. The van der Waals surface area contributed by atoms with Crippen LogP contribution in [0.5, 0.6) is 0 Å². The molecule has 380 valence electrons. The van der Waals surface area contributed by atoms with Gasteiger partial charge in [-0.3, -0.25) is 9.59 Å². The van der Waals surface area contributed by atoms with Gasteiger partial charge < -0.3 is 20.3 Å². The van der Waals surface area contributed by atoms with Crippen molar-refractivity contribution in [1.29, 1.82) is 0 Å². The van der Waals surface area contributed by atoms with Crippen LogP contribution >= 0.6 is 0 Å². The fourth-order valence-electron chi connectivity index (χ4n) is 8.59. The van der Waals surface area contributed by atoms with Crippen LogP contribution in [0.25, 0.3) is 0 Å². The molecule has 3 unspecified atom stereocenters. The Bertz CT molecular complexity index is 1110. The van der Waals surface area contributed by atoms with Gasteiger partial charge in [-0.15, -0.1) is 0 Å². The van der Waals surface area contributed by atoms with Crippen LogP contribution in [-0.4, -0.2) is 46.9 Å². The minimum Gasteiger partial charge on any atom is -0.461 e. The molecule has 0 bridgehead atoms. The van der Waals surface area contributed by atoms with Crippen LogP contribution in [0.15, 0.2) is 48.6 Å². The number of nitrogens with one attached hydrogen (secondary N) is 1. The first kappa shape index (κ1) is 62.8. The number of unbranched alkanes of at least 4 members (excludes halogenated alkanes) is 32. The number of amides is 1. The van der Waals surface area contributed by atoms with Gasteiger partial charge in [-0.25, -0.2) is 0 Å². The Morgan fingerprint density at radius 1 is 0.462 bits per heavy atom. The predicted molar refractivity (Wildman–Crippen MR) is 282 cm³/mol. The highest BCUT2D eigenvalue weighted by Gasteiger charge is 2.23. The van der Waals surface area contributed by atoms with Crippen LogP contribution in [-0.2, 0) is 14.3 Å². The Hall–Kier alpha value is -2.18. The van der Waals surface area contributed by atoms with E-state index < -0.39 is 18.2 Å². The molecule has 0 aromatic heterocycles. The summed E-state index contributed by atoms with van der Waals surface area (Å²) >= 11 is 0. The van der Waals surface area contributed by atoms with Crippen molar-refractivity contribution in [2.45, 2.75) is 309 Å². The monoisotopic (exact) mass is 912 g/mol. The topological polar surface area (TPSA) is 95.9 Å². The van der Waals surface area contributed by atoms with Crippen LogP contribution in [0, 0.1) is 0 Å². The standard InChI is InChI=1S/C59H109NO5/c1-4-7-10-13-16-19-22-25-28-31-33-36-39-42-45-48-51-57(62)56(54-61)60-58(63)53-55(50-47-44-41-38-35-32-29-26-23-20-17-14-11-8-5-2)65-59(64)52-49-46-43-40-37-34-30-27-24-21-18-15-12-9-6-3/h17,20,26,29,35,38,44,47,55-57,61-62H,4-16,18-19,21-25,27-28,30-34,36-37,39-43,45-46,48-54H2,1-3H3,(H,60,63)/b20-17-,29-26-,38-35-,47-44-. The molecule has 0 saturated heterocycles. The van der Waals surface area contributed by atoms with Gasteiger partial charge in [-0.2, -0.15) is 0 Å². The van der Waals surface area contributed by atoms with Crippen molar-refractivity contribution in [3.8, 4) is 0 Å². The zero-order valence-corrected chi connectivity index (χ0v) is 43.4. The molecular weight excluding hydrogens is 803 g/mol. The summed E-state index contributed by atoms with van der Waals surface area (Å²) in [7, 11) is 0. The molecule has 0 radical (unpaired) electrons. The number of hydrogen-bond acceptors (Lipinski definition) is 5. The lowest BCUT2D eigenvalue weighted by molar-refractivity contribution is -0.150. The maximum absolute atomic E-state index is 13.2. The molecule has 0 fully saturated rings. The molecule has 0 aliphatic carbocycles. The summed E-state index contributed by atoms with van der Waals surface area (Å²) in [5.74, 6) is -0.564. The fraction of sp³-hybridized carbons (Fsp3) is 0.831. The Balaban J connectivity index is 4.63. The van der Waals surface area contributed by atoms with Crippen LogP contribution in [0.1, 0.15) is 290 Å². The van der Waals surface area contributed by atoms with E-state index >= 15 is 0 Å². The highest BCUT2D eigenvalue weighted by molar-refractivity contribution is 5.77. The predicted octanol–water partition coefficient (Wildman–Crippen LogP) is 17.4. The number of rotatable bonds is 51. The minimum absolute atomic E-state index is 0.00485. The first-order valence-electron chi connectivity index (χ1n) is 28.4. The number of aliphatic hydroxyl groups excluding tert-OH is 2. The second kappa shape index (κ2) is 52.8. The van der Waals surface area contributed by atoms with Gasteiger partial charge in [-0.05, 0) is 44.9 Å². The summed E-state index contributed by atoms with van der Waals surface area (Å²) in [4.78, 5) is 26.2. The number of ether oxygens (including phenoxy) is 1. The van der Waals surface area contributed by atoms with Gasteiger partial charge in [0.05, 0.1) is 25.2 Å². The number of esters is 1. The van der Waals surface area contributed by atoms with E-state index in [0.717, 1.165) is 57.8 Å². The van der Waals surface area contributed by atoms with E-state index in [2.05, 4.69) is 68.6 Å². The second-order valence-electron chi connectivity index (χ2n) is 19.4. The van der Waals surface area contributed by atoms with Crippen molar-refractivity contribution in [2.75, 3.05) is 6.61 Å². The van der Waals surface area contributed by atoms with Crippen molar-refractivity contribution in [3.63, 3.8) is 0 Å². The van der Waals surface area contributed by atoms with Gasteiger partial charge in [0.1, 0.15) is 6.10 Å². The molecule has 0 heterocycles. The molecular formula is C59H109NO5. The highest BCUT2D eigenvalue weighted by atomic mass is 16.5. The normalized spacial score (nSPS) is 13.5. The van der Waals surface area contributed by atoms with Crippen molar-refractivity contribution in [3.05, 3.63) is 48.6 Å². The molecule has 0 saturated carbocycles. The summed E-state index contributed by atoms with van der Waals surface area (Å²) in [5, 5.41) is 23.8. The van der Waals surface area contributed by atoms with E-state index in [0.29, 0.717) is 19.3 Å². The van der Waals surface area contributed by atoms with Gasteiger partial charge in [0.2, 0.25) is 5.91 Å². The maximum atomic E-state index is 13.2. The van der Waals surface area contributed by atoms with Gasteiger partial charge in [0, 0.05) is 12.8 Å². The van der Waals surface area contributed by atoms with E-state index in [1.807, 2.05) is 6.08 Å². The van der Waals surface area contributed by atoms with Gasteiger partial charge in [0.25, 0.3) is 0 Å². The Morgan fingerprint density at radius 3 is 1.23 bits per heavy atom. The molecule has 3 atom stereocenters. The molecule has 6 nitrogen and oxygen atoms in total. The molecule has 0 aliphatic rings. The molecule has 0 aliphatic heterocycles. The molecule has 0 rings (SSSR count). The lowest BCUT2D eigenvalue weighted by Crippen LogP contribution is -2.46. The van der Waals surface area contributed by atoms with Gasteiger partial charge in [0.15, 0.2) is 0 Å². The van der Waals surface area contributed by atoms with Crippen LogP contribution in [0.3, 0.4) is 0 Å². The summed E-state index contributed by atoms with van der Waals surface area (Å²) in [6, 6.07) is -0.730. The Morgan fingerprint density at radius 2 is 0.815 bits per heavy atom. The zero-order chi connectivity index (χ0) is 47.4. The molecule has 3 N–H and O–H groups in total. The summed E-state index contributed by atoms with van der Waals surface area (Å²) in [6.45, 7) is 6.46. The third-order valence-corrected chi connectivity index (χ3v) is 12.9. The number of allylic oxidation sites excluding steroid dienone is 7. The number of hydrogen-bond donors (Lipinski definition) is 3. The van der Waals surface area contributed by atoms with Crippen molar-refractivity contribution in [2.24, 2.45) is 0 Å². The zero-order valence-electron chi connectivity index (χ0n) is 43.4. The smallest absolute Gasteiger partial charge is 0.306 e. The third kappa shape index (κ3) is 48.1. The van der Waals surface area contributed by atoms with Crippen molar-refractivity contribution in [1.82, 2.24) is 5.32 Å². The van der Waals surface area contributed by atoms with Crippen LogP contribution < -0.4 is 5.32 Å². The summed E-state index contributed by atoms with van der Waals surface area (Å²) in [6.07, 6.45) is 64.8. The van der Waals surface area contributed by atoms with Crippen molar-refractivity contribution >= 4 is 11.9 Å². The molecule has 6 heteroatoms. The molecule has 1 amide bonds. The van der Waals surface area contributed by atoms with Gasteiger partial charge in [-0.1, -0.05) is 275 Å². The Labute approximate surface area is 404 Å². The van der Waals surface area contributed by atoms with E-state index in [-0.39, 0.29) is 24.9 Å². The van der Waals surface area contributed by atoms with E-state index in [1.165, 1.54) is 186 Å². The highest BCUT2D eigenvalue weighted by Crippen LogP contribution is 2.17. The number of carbonyl (C=O) groups is 2. The molecule has 0 spiro atoms. The average molecular weight is 913 g/mol. The van der Waals surface area contributed by atoms with Crippen molar-refractivity contribution < 1.29 is 24.5 Å². The first-order valence-corrected chi connectivity index (χ1v) is 28.4. The lowest BCUT2D eigenvalue weighted by Gasteiger charge is -2.24. The van der Waals surface area contributed by atoms with Gasteiger partial charge >= 0.3 is 5.97 Å². The second-order valence-corrected chi connectivity index (χ2v) is 19.4. The van der Waals surface area contributed by atoms with E-state index in [9.17, 15) is 19.8 Å². The largest absolute Gasteiger partial charge is 0.461 e. The third-order valence-electron chi connectivity index (χ3n) is 12.9. The lowest BCUT2D eigenvalue weighted by atomic mass is 10.0. The minimum atomic E-state index is -0.810. The number of aliphatic hydroxyl groups is 2. The first-order chi connectivity index (χ1) is 32.0. The molecule has 0 aromatic rings. The van der Waals surface area contributed by atoms with E-state index in [1.54, 1.807) is 0 Å². The quantitative estimate of drug-likeness (QED) is 0.0321. The maximum Gasteiger partial charge on any atom is 0.306 e. The van der Waals surface area contributed by atoms with Crippen LogP contribution in [0.4, 0.5) is 0 Å². The number of carbonyl (C=O) groups excluding carboxylic acids is 2. The van der Waals surface area contributed by atoms with Crippen LogP contribution in [0.2, 0.25) is 0 Å². The van der Waals surface area contributed by atoms with E-state index in [4.69, 9.17) is 4.74 Å². The molecule has 0 aromatic carbocycles. The Kier molecular flexibility index (Phi) is 51.0. The summed E-state index contributed by atoms with van der Waals surface area (Å²) in [5.41, 5.74) is 0. The summed E-state index contributed by atoms with van der Waals surface area (Å²) < 4.78 is 5.89. The fourth-order valence-corrected chi connectivity index (χ4v) is 8.59.